The minimum absolute atomic E-state index is 0.0157. The lowest BCUT2D eigenvalue weighted by atomic mass is 10.2. The van der Waals surface area contributed by atoms with Crippen LogP contribution in [0.15, 0.2) is 0 Å². The average molecular weight is 250 g/mol. The molecule has 6 heteroatoms. The number of ether oxygens (including phenoxy) is 1. The van der Waals surface area contributed by atoms with E-state index in [2.05, 4.69) is 11.9 Å². The van der Waals surface area contributed by atoms with Gasteiger partial charge in [0.1, 0.15) is 0 Å². The molecule has 0 radical (unpaired) electrons. The number of rotatable bonds is 4. The Bertz CT molecular complexity index is 263. The molecule has 0 aromatic rings. The first-order chi connectivity index (χ1) is 7.31. The van der Waals surface area contributed by atoms with Crippen molar-refractivity contribution in [3.8, 4) is 0 Å². The highest BCUT2D eigenvalue weighted by Gasteiger charge is 2.26. The minimum Gasteiger partial charge on any atom is -0.370 e. The SMILES string of the molecule is CC1CN(C)CC(COP(C)(=O)N(C)C)O1. The number of nitrogens with zero attached hydrogens (tertiary/aromatic N) is 2. The van der Waals surface area contributed by atoms with Gasteiger partial charge in [0.15, 0.2) is 0 Å². The molecule has 1 aliphatic heterocycles. The van der Waals surface area contributed by atoms with Gasteiger partial charge in [-0.15, -0.1) is 0 Å². The van der Waals surface area contributed by atoms with Crippen molar-refractivity contribution in [1.29, 1.82) is 0 Å². The third kappa shape index (κ3) is 4.15. The molecule has 0 aromatic carbocycles. The van der Waals surface area contributed by atoms with Gasteiger partial charge in [0, 0.05) is 19.8 Å². The molecule has 16 heavy (non-hydrogen) atoms. The molecule has 5 nitrogen and oxygen atoms in total. The molecule has 0 aliphatic carbocycles. The Hall–Kier alpha value is 0.0700. The van der Waals surface area contributed by atoms with Gasteiger partial charge in [0.2, 0.25) is 0 Å². The quantitative estimate of drug-likeness (QED) is 0.699. The van der Waals surface area contributed by atoms with Crippen molar-refractivity contribution in [3.05, 3.63) is 0 Å². The van der Waals surface area contributed by atoms with Gasteiger partial charge in [-0.05, 0) is 28.1 Å². The van der Waals surface area contributed by atoms with Crippen LogP contribution in [0.5, 0.6) is 0 Å². The highest BCUT2D eigenvalue weighted by molar-refractivity contribution is 7.55. The molecular weight excluding hydrogens is 227 g/mol. The lowest BCUT2D eigenvalue weighted by molar-refractivity contribution is -0.0851. The third-order valence-corrected chi connectivity index (χ3v) is 4.82. The van der Waals surface area contributed by atoms with Crippen molar-refractivity contribution < 1.29 is 13.8 Å². The summed E-state index contributed by atoms with van der Waals surface area (Å²) >= 11 is 0. The zero-order chi connectivity index (χ0) is 12.3. The van der Waals surface area contributed by atoms with Crippen LogP contribution in [0.3, 0.4) is 0 Å². The molecule has 0 bridgehead atoms. The first kappa shape index (κ1) is 14.1. The van der Waals surface area contributed by atoms with E-state index in [1.54, 1.807) is 25.4 Å². The predicted octanol–water partition coefficient (Wildman–Crippen LogP) is 1.11. The Balaban J connectivity index is 2.40. The van der Waals surface area contributed by atoms with Gasteiger partial charge in [-0.2, -0.15) is 0 Å². The van der Waals surface area contributed by atoms with E-state index in [1.165, 1.54) is 0 Å². The fraction of sp³-hybridized carbons (Fsp3) is 1.00. The smallest absolute Gasteiger partial charge is 0.268 e. The van der Waals surface area contributed by atoms with E-state index in [0.717, 1.165) is 13.1 Å². The van der Waals surface area contributed by atoms with E-state index in [1.807, 2.05) is 6.92 Å². The molecule has 1 fully saturated rings. The highest BCUT2D eigenvalue weighted by Crippen LogP contribution is 2.44. The normalized spacial score (nSPS) is 31.6. The van der Waals surface area contributed by atoms with E-state index in [4.69, 9.17) is 9.26 Å². The van der Waals surface area contributed by atoms with Crippen LogP contribution in [0, 0.1) is 0 Å². The summed E-state index contributed by atoms with van der Waals surface area (Å²) in [4.78, 5) is 2.21. The van der Waals surface area contributed by atoms with Gasteiger partial charge in [0.25, 0.3) is 7.52 Å². The molecule has 1 heterocycles. The maximum absolute atomic E-state index is 12.0. The van der Waals surface area contributed by atoms with Crippen LogP contribution in [0.4, 0.5) is 0 Å². The van der Waals surface area contributed by atoms with Crippen molar-refractivity contribution in [2.75, 3.05) is 47.5 Å². The Morgan fingerprint density at radius 2 is 2.12 bits per heavy atom. The summed E-state index contributed by atoms with van der Waals surface area (Å²) in [5.41, 5.74) is 0. The molecular formula is C10H23N2O3P. The monoisotopic (exact) mass is 250 g/mol. The van der Waals surface area contributed by atoms with Crippen LogP contribution in [-0.2, 0) is 13.8 Å². The van der Waals surface area contributed by atoms with Crippen molar-refractivity contribution in [3.63, 3.8) is 0 Å². The van der Waals surface area contributed by atoms with Gasteiger partial charge < -0.3 is 14.2 Å². The number of morpholine rings is 1. The molecule has 0 spiro atoms. The molecule has 3 atom stereocenters. The Kier molecular flexibility index (Phi) is 4.95. The largest absolute Gasteiger partial charge is 0.370 e. The second kappa shape index (κ2) is 5.61. The number of hydrogen-bond acceptors (Lipinski definition) is 4. The fourth-order valence-electron chi connectivity index (χ4n) is 1.70. The summed E-state index contributed by atoms with van der Waals surface area (Å²) in [5, 5.41) is 0. The lowest BCUT2D eigenvalue weighted by Gasteiger charge is -2.35. The zero-order valence-electron chi connectivity index (χ0n) is 10.8. The van der Waals surface area contributed by atoms with Crippen molar-refractivity contribution in [2.45, 2.75) is 19.1 Å². The molecule has 0 N–H and O–H groups in total. The van der Waals surface area contributed by atoms with Gasteiger partial charge in [-0.1, -0.05) is 0 Å². The van der Waals surface area contributed by atoms with Crippen molar-refractivity contribution in [1.82, 2.24) is 9.57 Å². The summed E-state index contributed by atoms with van der Waals surface area (Å²) < 4.78 is 24.8. The second-order valence-corrected chi connectivity index (χ2v) is 7.40. The molecule has 0 amide bonds. The van der Waals surface area contributed by atoms with E-state index in [0.29, 0.717) is 6.61 Å². The Labute approximate surface area is 98.2 Å². The van der Waals surface area contributed by atoms with E-state index < -0.39 is 7.52 Å². The lowest BCUT2D eigenvalue weighted by Crippen LogP contribution is -2.46. The van der Waals surface area contributed by atoms with E-state index >= 15 is 0 Å². The number of hydrogen-bond donors (Lipinski definition) is 0. The molecule has 1 rings (SSSR count). The molecule has 96 valence electrons. The van der Waals surface area contributed by atoms with Crippen molar-refractivity contribution >= 4 is 7.52 Å². The third-order valence-electron chi connectivity index (χ3n) is 2.74. The van der Waals surface area contributed by atoms with Crippen LogP contribution in [-0.4, -0.2) is 69.3 Å². The molecule has 1 saturated heterocycles. The standard InChI is InChI=1S/C10H23N2O3P/c1-9-6-12(4)7-10(15-9)8-14-16(5,13)11(2)3/h9-10H,6-8H2,1-5H3. The predicted molar refractivity (Wildman–Crippen MR) is 65.0 cm³/mol. The van der Waals surface area contributed by atoms with Crippen LogP contribution in [0.25, 0.3) is 0 Å². The summed E-state index contributed by atoms with van der Waals surface area (Å²) in [6.45, 7) is 5.83. The average Bonchev–Trinajstić information content (AvgIpc) is 2.13. The van der Waals surface area contributed by atoms with Gasteiger partial charge in [0.05, 0.1) is 18.8 Å². The van der Waals surface area contributed by atoms with Gasteiger partial charge in [-0.3, -0.25) is 4.57 Å². The molecule has 1 aliphatic rings. The first-order valence-electron chi connectivity index (χ1n) is 5.55. The van der Waals surface area contributed by atoms with Gasteiger partial charge in [-0.25, -0.2) is 4.67 Å². The Morgan fingerprint density at radius 3 is 2.62 bits per heavy atom. The summed E-state index contributed by atoms with van der Waals surface area (Å²) in [5.74, 6) is 0. The van der Waals surface area contributed by atoms with Crippen LogP contribution in [0.2, 0.25) is 0 Å². The molecule has 0 saturated carbocycles. The molecule has 0 aromatic heterocycles. The first-order valence-corrected chi connectivity index (χ1v) is 7.57. The van der Waals surface area contributed by atoms with E-state index in [9.17, 15) is 4.57 Å². The fourth-order valence-corrected chi connectivity index (χ4v) is 2.38. The Morgan fingerprint density at radius 1 is 1.50 bits per heavy atom. The van der Waals surface area contributed by atoms with Crippen LogP contribution < -0.4 is 0 Å². The minimum atomic E-state index is -2.64. The highest BCUT2D eigenvalue weighted by atomic mass is 31.2. The number of likely N-dealkylation sites (N-methyl/N-ethyl adjacent to an activating group) is 1. The summed E-state index contributed by atoms with van der Waals surface area (Å²) in [6, 6.07) is 0. The van der Waals surface area contributed by atoms with Gasteiger partial charge >= 0.3 is 0 Å². The summed E-state index contributed by atoms with van der Waals surface area (Å²) in [7, 11) is 2.95. The van der Waals surface area contributed by atoms with Crippen molar-refractivity contribution in [2.24, 2.45) is 0 Å². The zero-order valence-corrected chi connectivity index (χ0v) is 11.7. The second-order valence-electron chi connectivity index (χ2n) is 4.74. The van der Waals surface area contributed by atoms with Crippen LogP contribution >= 0.6 is 7.52 Å². The maximum atomic E-state index is 12.0. The summed E-state index contributed by atoms with van der Waals surface area (Å²) in [6.07, 6.45) is 0.227. The molecule has 3 unspecified atom stereocenters. The van der Waals surface area contributed by atoms with E-state index in [-0.39, 0.29) is 12.2 Å². The maximum Gasteiger partial charge on any atom is 0.268 e. The van der Waals surface area contributed by atoms with Crippen LogP contribution in [0.1, 0.15) is 6.92 Å². The topological polar surface area (TPSA) is 42.0 Å².